The van der Waals surface area contributed by atoms with Crippen LogP contribution in [-0.2, 0) is 6.54 Å². The molecule has 30 heavy (non-hydrogen) atoms. The average Bonchev–Trinajstić information content (AvgIpc) is 3.23. The summed E-state index contributed by atoms with van der Waals surface area (Å²) in [6.07, 6.45) is 1.82. The van der Waals surface area contributed by atoms with Gasteiger partial charge >= 0.3 is 0 Å². The molecular formula is C23H24N6S. The van der Waals surface area contributed by atoms with Gasteiger partial charge in [-0.3, -0.25) is 4.98 Å². The van der Waals surface area contributed by atoms with Crippen molar-refractivity contribution >= 4 is 33.3 Å². The van der Waals surface area contributed by atoms with Gasteiger partial charge in [0.1, 0.15) is 10.6 Å². The molecule has 0 amide bonds. The SMILES string of the molecule is CN1CCN(c2nc(NCc3ccccn3)c3c(-c4ccccc4)csc3n2)CC1. The zero-order valence-electron chi connectivity index (χ0n) is 17.0. The minimum Gasteiger partial charge on any atom is -0.364 e. The van der Waals surface area contributed by atoms with Crippen molar-refractivity contribution in [2.75, 3.05) is 43.4 Å². The number of aromatic nitrogens is 3. The molecule has 152 valence electrons. The number of hydrogen-bond donors (Lipinski definition) is 1. The lowest BCUT2D eigenvalue weighted by Gasteiger charge is -2.32. The molecule has 1 N–H and O–H groups in total. The van der Waals surface area contributed by atoms with Crippen LogP contribution in [0.3, 0.4) is 0 Å². The van der Waals surface area contributed by atoms with Crippen LogP contribution in [0.1, 0.15) is 5.69 Å². The van der Waals surface area contributed by atoms with Gasteiger partial charge in [-0.25, -0.2) is 4.98 Å². The lowest BCUT2D eigenvalue weighted by atomic mass is 10.1. The third-order valence-corrected chi connectivity index (χ3v) is 6.33. The van der Waals surface area contributed by atoms with E-state index in [9.17, 15) is 0 Å². The van der Waals surface area contributed by atoms with E-state index in [0.717, 1.165) is 53.9 Å². The topological polar surface area (TPSA) is 57.2 Å². The highest BCUT2D eigenvalue weighted by atomic mass is 32.1. The van der Waals surface area contributed by atoms with E-state index in [1.807, 2.05) is 30.5 Å². The van der Waals surface area contributed by atoms with Gasteiger partial charge in [0.2, 0.25) is 5.95 Å². The van der Waals surface area contributed by atoms with Crippen molar-refractivity contribution in [2.24, 2.45) is 0 Å². The number of nitrogens with zero attached hydrogens (tertiary/aromatic N) is 5. The fourth-order valence-electron chi connectivity index (χ4n) is 3.71. The standard InChI is InChI=1S/C23H24N6S/c1-28-11-13-29(14-12-28)23-26-21(25-15-18-9-5-6-10-24-18)20-19(16-30-22(20)27-23)17-7-3-2-4-8-17/h2-10,16H,11-15H2,1H3,(H,25,26,27). The van der Waals surface area contributed by atoms with Crippen LogP contribution in [0.2, 0.25) is 0 Å². The van der Waals surface area contributed by atoms with E-state index in [-0.39, 0.29) is 0 Å². The summed E-state index contributed by atoms with van der Waals surface area (Å²) in [4.78, 5) is 20.0. The van der Waals surface area contributed by atoms with Crippen molar-refractivity contribution in [1.29, 1.82) is 0 Å². The maximum Gasteiger partial charge on any atom is 0.228 e. The predicted octanol–water partition coefficient (Wildman–Crippen LogP) is 4.12. The van der Waals surface area contributed by atoms with Crippen molar-refractivity contribution in [3.63, 3.8) is 0 Å². The van der Waals surface area contributed by atoms with Gasteiger partial charge in [-0.15, -0.1) is 11.3 Å². The summed E-state index contributed by atoms with van der Waals surface area (Å²) in [6, 6.07) is 16.4. The summed E-state index contributed by atoms with van der Waals surface area (Å²) < 4.78 is 0. The van der Waals surface area contributed by atoms with Gasteiger partial charge < -0.3 is 15.1 Å². The number of benzene rings is 1. The lowest BCUT2D eigenvalue weighted by molar-refractivity contribution is 0.311. The van der Waals surface area contributed by atoms with E-state index in [1.165, 1.54) is 11.1 Å². The van der Waals surface area contributed by atoms with Crippen LogP contribution < -0.4 is 10.2 Å². The lowest BCUT2D eigenvalue weighted by Crippen LogP contribution is -2.45. The van der Waals surface area contributed by atoms with E-state index < -0.39 is 0 Å². The second-order valence-corrected chi connectivity index (χ2v) is 8.39. The van der Waals surface area contributed by atoms with Crippen LogP contribution in [0, 0.1) is 0 Å². The van der Waals surface area contributed by atoms with Crippen LogP contribution in [0.5, 0.6) is 0 Å². The molecule has 0 bridgehead atoms. The number of thiophene rings is 1. The van der Waals surface area contributed by atoms with Crippen molar-refractivity contribution in [2.45, 2.75) is 6.54 Å². The van der Waals surface area contributed by atoms with Gasteiger partial charge in [-0.05, 0) is 24.7 Å². The van der Waals surface area contributed by atoms with Crippen molar-refractivity contribution < 1.29 is 0 Å². The van der Waals surface area contributed by atoms with Gasteiger partial charge in [0.15, 0.2) is 0 Å². The molecular weight excluding hydrogens is 392 g/mol. The normalized spacial score (nSPS) is 14.9. The highest BCUT2D eigenvalue weighted by molar-refractivity contribution is 7.17. The summed E-state index contributed by atoms with van der Waals surface area (Å²) in [5.74, 6) is 1.68. The summed E-state index contributed by atoms with van der Waals surface area (Å²) in [5.41, 5.74) is 3.34. The Labute approximate surface area is 180 Å². The van der Waals surface area contributed by atoms with Crippen molar-refractivity contribution in [3.8, 4) is 11.1 Å². The summed E-state index contributed by atoms with van der Waals surface area (Å²) in [7, 11) is 2.16. The fourth-order valence-corrected chi connectivity index (χ4v) is 4.66. The molecule has 5 rings (SSSR count). The molecule has 3 aromatic heterocycles. The first-order chi connectivity index (χ1) is 14.8. The minimum absolute atomic E-state index is 0.624. The summed E-state index contributed by atoms with van der Waals surface area (Å²) in [5, 5.41) is 6.82. The Morgan fingerprint density at radius 3 is 2.53 bits per heavy atom. The number of fused-ring (bicyclic) bond motifs is 1. The van der Waals surface area contributed by atoms with Crippen LogP contribution >= 0.6 is 11.3 Å². The number of likely N-dealkylation sites (N-methyl/N-ethyl adjacent to an activating group) is 1. The molecule has 1 aliphatic heterocycles. The van der Waals surface area contributed by atoms with E-state index in [0.29, 0.717) is 6.54 Å². The van der Waals surface area contributed by atoms with Crippen LogP contribution in [-0.4, -0.2) is 53.1 Å². The molecule has 0 spiro atoms. The molecule has 1 aliphatic rings. The number of pyridine rings is 1. The van der Waals surface area contributed by atoms with Gasteiger partial charge in [0.25, 0.3) is 0 Å². The third kappa shape index (κ3) is 3.86. The first-order valence-corrected chi connectivity index (χ1v) is 11.1. The molecule has 4 heterocycles. The molecule has 0 saturated carbocycles. The van der Waals surface area contributed by atoms with Crippen LogP contribution in [0.25, 0.3) is 21.3 Å². The highest BCUT2D eigenvalue weighted by Crippen LogP contribution is 2.38. The Morgan fingerprint density at radius 2 is 1.77 bits per heavy atom. The first-order valence-electron chi connectivity index (χ1n) is 10.2. The Hall–Kier alpha value is -3.03. The van der Waals surface area contributed by atoms with Crippen molar-refractivity contribution in [3.05, 3.63) is 65.8 Å². The third-order valence-electron chi connectivity index (χ3n) is 5.46. The molecule has 0 radical (unpaired) electrons. The zero-order chi connectivity index (χ0) is 20.3. The highest BCUT2D eigenvalue weighted by Gasteiger charge is 2.21. The Morgan fingerprint density at radius 1 is 0.967 bits per heavy atom. The van der Waals surface area contributed by atoms with E-state index in [4.69, 9.17) is 9.97 Å². The van der Waals surface area contributed by atoms with Gasteiger partial charge in [-0.2, -0.15) is 4.98 Å². The Bertz CT molecular complexity index is 1120. The molecule has 4 aromatic rings. The number of piperazine rings is 1. The monoisotopic (exact) mass is 416 g/mol. The molecule has 7 heteroatoms. The number of anilines is 2. The molecule has 0 aliphatic carbocycles. The second kappa shape index (κ2) is 8.38. The number of rotatable bonds is 5. The molecule has 0 atom stereocenters. The molecule has 1 saturated heterocycles. The predicted molar refractivity (Wildman–Crippen MR) is 124 cm³/mol. The second-order valence-electron chi connectivity index (χ2n) is 7.53. The summed E-state index contributed by atoms with van der Waals surface area (Å²) >= 11 is 1.68. The molecule has 0 unspecified atom stereocenters. The van der Waals surface area contributed by atoms with Crippen LogP contribution in [0.4, 0.5) is 11.8 Å². The maximum atomic E-state index is 4.99. The maximum absolute atomic E-state index is 4.99. The smallest absolute Gasteiger partial charge is 0.228 e. The number of hydrogen-bond acceptors (Lipinski definition) is 7. The van der Waals surface area contributed by atoms with Gasteiger partial charge in [-0.1, -0.05) is 36.4 Å². The van der Waals surface area contributed by atoms with Gasteiger partial charge in [0, 0.05) is 43.3 Å². The van der Waals surface area contributed by atoms with E-state index in [1.54, 1.807) is 11.3 Å². The van der Waals surface area contributed by atoms with Crippen molar-refractivity contribution in [1.82, 2.24) is 19.9 Å². The Balaban J connectivity index is 1.56. The van der Waals surface area contributed by atoms with E-state index >= 15 is 0 Å². The summed E-state index contributed by atoms with van der Waals surface area (Å²) in [6.45, 7) is 4.56. The first kappa shape index (κ1) is 19.0. The largest absolute Gasteiger partial charge is 0.364 e. The van der Waals surface area contributed by atoms with E-state index in [2.05, 4.69) is 56.8 Å². The zero-order valence-corrected chi connectivity index (χ0v) is 17.8. The fraction of sp³-hybridized carbons (Fsp3) is 0.261. The van der Waals surface area contributed by atoms with Crippen LogP contribution in [0.15, 0.2) is 60.1 Å². The van der Waals surface area contributed by atoms with Gasteiger partial charge in [0.05, 0.1) is 17.6 Å². The molecule has 1 aromatic carbocycles. The quantitative estimate of drug-likeness (QED) is 0.528. The minimum atomic E-state index is 0.624. The number of nitrogens with one attached hydrogen (secondary N) is 1. The Kier molecular flexibility index (Phi) is 5.29. The molecule has 6 nitrogen and oxygen atoms in total. The molecule has 1 fully saturated rings. The average molecular weight is 417 g/mol.